The Kier molecular flexibility index (Phi) is 3.93. The van der Waals surface area contributed by atoms with E-state index in [1.807, 2.05) is 36.4 Å². The first-order valence-electron chi connectivity index (χ1n) is 6.70. The second kappa shape index (κ2) is 5.49. The van der Waals surface area contributed by atoms with Crippen LogP contribution in [0, 0.1) is 0 Å². The molecule has 0 saturated heterocycles. The molecule has 0 heterocycles. The third-order valence-electron chi connectivity index (χ3n) is 3.36. The first-order chi connectivity index (χ1) is 9.47. The summed E-state index contributed by atoms with van der Waals surface area (Å²) in [5.74, 6) is 0.673. The van der Waals surface area contributed by atoms with Crippen LogP contribution in [0.25, 0.3) is 11.1 Å². The van der Waals surface area contributed by atoms with Crippen LogP contribution >= 0.6 is 0 Å². The van der Waals surface area contributed by atoms with Crippen LogP contribution in [-0.2, 0) is 5.41 Å². The molecule has 0 amide bonds. The number of carbonyl (C=O) groups is 1. The maximum absolute atomic E-state index is 11.4. The third kappa shape index (κ3) is 2.74. The second-order valence-electron chi connectivity index (χ2n) is 5.88. The molecule has 0 aliphatic carbocycles. The Morgan fingerprint density at radius 3 is 2.15 bits per heavy atom. The Labute approximate surface area is 120 Å². The van der Waals surface area contributed by atoms with Gasteiger partial charge in [0.05, 0.1) is 12.7 Å². The Morgan fingerprint density at radius 1 is 1.00 bits per heavy atom. The second-order valence-corrected chi connectivity index (χ2v) is 5.88. The molecule has 0 unspecified atom stereocenters. The van der Waals surface area contributed by atoms with E-state index in [1.54, 1.807) is 7.11 Å². The van der Waals surface area contributed by atoms with Crippen LogP contribution in [0.15, 0.2) is 42.5 Å². The minimum Gasteiger partial charge on any atom is -0.496 e. The molecular formula is C18H20O2. The van der Waals surface area contributed by atoms with Crippen LogP contribution in [0.3, 0.4) is 0 Å². The number of hydrogen-bond donors (Lipinski definition) is 0. The van der Waals surface area contributed by atoms with Gasteiger partial charge in [-0.2, -0.15) is 0 Å². The summed E-state index contributed by atoms with van der Waals surface area (Å²) in [5.41, 5.74) is 3.69. The average molecular weight is 268 g/mol. The number of rotatable bonds is 3. The van der Waals surface area contributed by atoms with E-state index in [0.29, 0.717) is 11.3 Å². The number of ether oxygens (including phenoxy) is 1. The summed E-state index contributed by atoms with van der Waals surface area (Å²) in [6.07, 6.45) is 0.862. The van der Waals surface area contributed by atoms with Gasteiger partial charge < -0.3 is 4.74 Å². The molecule has 0 aliphatic heterocycles. The average Bonchev–Trinajstić information content (AvgIpc) is 2.45. The van der Waals surface area contributed by atoms with Crippen molar-refractivity contribution >= 4 is 6.29 Å². The van der Waals surface area contributed by atoms with E-state index in [2.05, 4.69) is 26.8 Å². The number of carbonyl (C=O) groups excluding carboxylic acids is 1. The number of hydrogen-bond acceptors (Lipinski definition) is 2. The lowest BCUT2D eigenvalue weighted by atomic mass is 9.83. The van der Waals surface area contributed by atoms with Crippen LogP contribution in [0.2, 0.25) is 0 Å². The van der Waals surface area contributed by atoms with Crippen molar-refractivity contribution in [1.29, 1.82) is 0 Å². The lowest BCUT2D eigenvalue weighted by Gasteiger charge is -2.24. The fourth-order valence-electron chi connectivity index (χ4n) is 2.32. The molecule has 2 aromatic rings. The molecule has 104 valence electrons. The molecule has 2 aromatic carbocycles. The quantitative estimate of drug-likeness (QED) is 0.768. The Hall–Kier alpha value is -2.09. The first-order valence-corrected chi connectivity index (χ1v) is 6.70. The standard InChI is InChI=1S/C18H20O2/c1-18(2,3)16-11-14(13-8-6-5-7-9-13)10-15(12-19)17(16)20-4/h5-12H,1-4H3. The number of benzene rings is 2. The van der Waals surface area contributed by atoms with Gasteiger partial charge in [0.1, 0.15) is 5.75 Å². The zero-order valence-electron chi connectivity index (χ0n) is 12.4. The molecular weight excluding hydrogens is 248 g/mol. The highest BCUT2D eigenvalue weighted by molar-refractivity contribution is 5.84. The van der Waals surface area contributed by atoms with E-state index in [4.69, 9.17) is 4.74 Å². The van der Waals surface area contributed by atoms with Crippen molar-refractivity contribution in [3.05, 3.63) is 53.6 Å². The van der Waals surface area contributed by atoms with Gasteiger partial charge in [-0.25, -0.2) is 0 Å². The van der Waals surface area contributed by atoms with Crippen LogP contribution in [0.5, 0.6) is 5.75 Å². The highest BCUT2D eigenvalue weighted by atomic mass is 16.5. The van der Waals surface area contributed by atoms with Gasteiger partial charge in [0, 0.05) is 5.56 Å². The monoisotopic (exact) mass is 268 g/mol. The van der Waals surface area contributed by atoms with Gasteiger partial charge in [-0.05, 0) is 28.7 Å². The topological polar surface area (TPSA) is 26.3 Å². The van der Waals surface area contributed by atoms with Gasteiger partial charge in [0.15, 0.2) is 6.29 Å². The molecule has 0 saturated carbocycles. The predicted molar refractivity (Wildman–Crippen MR) is 82.5 cm³/mol. The van der Waals surface area contributed by atoms with Crippen molar-refractivity contribution in [2.24, 2.45) is 0 Å². The summed E-state index contributed by atoms with van der Waals surface area (Å²) in [6, 6.07) is 14.1. The predicted octanol–water partition coefficient (Wildman–Crippen LogP) is 4.47. The van der Waals surface area contributed by atoms with Crippen LogP contribution < -0.4 is 4.74 Å². The van der Waals surface area contributed by atoms with Crippen molar-refractivity contribution in [2.45, 2.75) is 26.2 Å². The molecule has 2 nitrogen and oxygen atoms in total. The van der Waals surface area contributed by atoms with Gasteiger partial charge in [0.25, 0.3) is 0 Å². The van der Waals surface area contributed by atoms with E-state index in [0.717, 1.165) is 23.0 Å². The van der Waals surface area contributed by atoms with Gasteiger partial charge in [0.2, 0.25) is 0 Å². The lowest BCUT2D eigenvalue weighted by Crippen LogP contribution is -2.14. The minimum absolute atomic E-state index is 0.0894. The first kappa shape index (κ1) is 14.3. The van der Waals surface area contributed by atoms with Gasteiger partial charge in [-0.1, -0.05) is 51.1 Å². The SMILES string of the molecule is COc1c(C=O)cc(-c2ccccc2)cc1C(C)(C)C. The molecule has 20 heavy (non-hydrogen) atoms. The molecule has 2 rings (SSSR count). The van der Waals surface area contributed by atoms with Crippen molar-refractivity contribution in [1.82, 2.24) is 0 Å². The largest absolute Gasteiger partial charge is 0.496 e. The van der Waals surface area contributed by atoms with Crippen LogP contribution in [0.1, 0.15) is 36.7 Å². The summed E-state index contributed by atoms with van der Waals surface area (Å²) in [6.45, 7) is 6.36. The minimum atomic E-state index is -0.0894. The molecule has 0 atom stereocenters. The smallest absolute Gasteiger partial charge is 0.153 e. The van der Waals surface area contributed by atoms with E-state index < -0.39 is 0 Å². The Bertz CT molecular complexity index is 607. The van der Waals surface area contributed by atoms with E-state index in [9.17, 15) is 4.79 Å². The van der Waals surface area contributed by atoms with Crippen molar-refractivity contribution in [3.63, 3.8) is 0 Å². The Morgan fingerprint density at radius 2 is 1.65 bits per heavy atom. The highest BCUT2D eigenvalue weighted by Gasteiger charge is 2.22. The molecule has 0 N–H and O–H groups in total. The number of methoxy groups -OCH3 is 1. The van der Waals surface area contributed by atoms with E-state index in [1.165, 1.54) is 0 Å². The molecule has 0 bridgehead atoms. The highest BCUT2D eigenvalue weighted by Crippen LogP contribution is 2.37. The van der Waals surface area contributed by atoms with E-state index in [-0.39, 0.29) is 5.41 Å². The summed E-state index contributed by atoms with van der Waals surface area (Å²) < 4.78 is 5.45. The summed E-state index contributed by atoms with van der Waals surface area (Å²) in [5, 5.41) is 0. The number of aldehydes is 1. The van der Waals surface area contributed by atoms with E-state index >= 15 is 0 Å². The fraction of sp³-hybridized carbons (Fsp3) is 0.278. The van der Waals surface area contributed by atoms with Crippen molar-refractivity contribution in [2.75, 3.05) is 7.11 Å². The van der Waals surface area contributed by atoms with Gasteiger partial charge in [-0.3, -0.25) is 4.79 Å². The molecule has 0 spiro atoms. The van der Waals surface area contributed by atoms with Crippen molar-refractivity contribution in [3.8, 4) is 16.9 Å². The maximum atomic E-state index is 11.4. The lowest BCUT2D eigenvalue weighted by molar-refractivity contribution is 0.112. The summed E-state index contributed by atoms with van der Waals surface area (Å²) >= 11 is 0. The molecule has 0 fully saturated rings. The molecule has 0 aromatic heterocycles. The molecule has 0 radical (unpaired) electrons. The summed E-state index contributed by atoms with van der Waals surface area (Å²) in [7, 11) is 1.61. The zero-order valence-corrected chi connectivity index (χ0v) is 12.4. The molecule has 0 aliphatic rings. The van der Waals surface area contributed by atoms with Gasteiger partial charge >= 0.3 is 0 Å². The van der Waals surface area contributed by atoms with Crippen LogP contribution in [-0.4, -0.2) is 13.4 Å². The van der Waals surface area contributed by atoms with Crippen molar-refractivity contribution < 1.29 is 9.53 Å². The summed E-state index contributed by atoms with van der Waals surface area (Å²) in [4.78, 5) is 11.4. The third-order valence-corrected chi connectivity index (χ3v) is 3.36. The molecule has 2 heteroatoms. The fourth-order valence-corrected chi connectivity index (χ4v) is 2.32. The van der Waals surface area contributed by atoms with Gasteiger partial charge in [-0.15, -0.1) is 0 Å². The zero-order chi connectivity index (χ0) is 14.8. The van der Waals surface area contributed by atoms with Crippen LogP contribution in [0.4, 0.5) is 0 Å². The normalized spacial score (nSPS) is 11.2. The Balaban J connectivity index is 2.71. The maximum Gasteiger partial charge on any atom is 0.153 e.